The molecule has 132 valence electrons. The molecule has 0 bridgehead atoms. The molecule has 1 saturated heterocycles. The molecule has 1 aliphatic heterocycles. The number of likely N-dealkylation sites (tertiary alicyclic amines) is 1. The molecule has 1 fully saturated rings. The third-order valence-corrected chi connectivity index (χ3v) is 4.66. The van der Waals surface area contributed by atoms with E-state index < -0.39 is 30.0 Å². The summed E-state index contributed by atoms with van der Waals surface area (Å²) in [4.78, 5) is 37.5. The first kappa shape index (κ1) is 19.8. The molecule has 1 aliphatic rings. The SMILES string of the molecule is CSCCC(N)C(=O)N1CCCC1C(=O)NC(C(=O)O)C(C)C. The van der Waals surface area contributed by atoms with Gasteiger partial charge in [-0.05, 0) is 37.2 Å². The number of amides is 2. The fraction of sp³-hybridized carbons (Fsp3) is 0.800. The van der Waals surface area contributed by atoms with Gasteiger partial charge in [-0.25, -0.2) is 4.79 Å². The summed E-state index contributed by atoms with van der Waals surface area (Å²) in [7, 11) is 0. The van der Waals surface area contributed by atoms with Gasteiger partial charge in [0, 0.05) is 6.54 Å². The molecular formula is C15H27N3O4S. The highest BCUT2D eigenvalue weighted by molar-refractivity contribution is 7.98. The number of thioether (sulfide) groups is 1. The number of nitrogens with zero attached hydrogens (tertiary/aromatic N) is 1. The number of nitrogens with two attached hydrogens (primary N) is 1. The first-order valence-electron chi connectivity index (χ1n) is 7.87. The van der Waals surface area contributed by atoms with E-state index in [1.807, 2.05) is 6.26 Å². The molecule has 0 aromatic heterocycles. The van der Waals surface area contributed by atoms with E-state index in [9.17, 15) is 19.5 Å². The summed E-state index contributed by atoms with van der Waals surface area (Å²) in [6.07, 6.45) is 3.77. The Bertz CT molecular complexity index is 444. The van der Waals surface area contributed by atoms with Crippen LogP contribution in [0, 0.1) is 5.92 Å². The second-order valence-electron chi connectivity index (χ2n) is 6.15. The monoisotopic (exact) mass is 345 g/mol. The van der Waals surface area contributed by atoms with Crippen molar-refractivity contribution in [1.29, 1.82) is 0 Å². The van der Waals surface area contributed by atoms with Gasteiger partial charge in [-0.15, -0.1) is 0 Å². The lowest BCUT2D eigenvalue weighted by Gasteiger charge is -2.28. The highest BCUT2D eigenvalue weighted by Crippen LogP contribution is 2.19. The molecular weight excluding hydrogens is 318 g/mol. The fourth-order valence-corrected chi connectivity index (χ4v) is 3.14. The molecule has 23 heavy (non-hydrogen) atoms. The van der Waals surface area contributed by atoms with E-state index in [-0.39, 0.29) is 11.8 Å². The number of hydrogen-bond donors (Lipinski definition) is 3. The number of rotatable bonds is 8. The van der Waals surface area contributed by atoms with Gasteiger partial charge in [-0.3, -0.25) is 9.59 Å². The van der Waals surface area contributed by atoms with Gasteiger partial charge >= 0.3 is 5.97 Å². The molecule has 7 nitrogen and oxygen atoms in total. The Kier molecular flexibility index (Phi) is 7.84. The molecule has 0 aromatic carbocycles. The highest BCUT2D eigenvalue weighted by atomic mass is 32.2. The Labute approximate surface area is 141 Å². The van der Waals surface area contributed by atoms with Gasteiger partial charge in [0.05, 0.1) is 6.04 Å². The number of hydrogen-bond acceptors (Lipinski definition) is 5. The van der Waals surface area contributed by atoms with Crippen molar-refractivity contribution in [1.82, 2.24) is 10.2 Å². The van der Waals surface area contributed by atoms with Crippen molar-refractivity contribution < 1.29 is 19.5 Å². The molecule has 0 saturated carbocycles. The van der Waals surface area contributed by atoms with E-state index in [0.717, 1.165) is 12.2 Å². The molecule has 2 amide bonds. The number of nitrogens with one attached hydrogen (secondary N) is 1. The van der Waals surface area contributed by atoms with Gasteiger partial charge < -0.3 is 21.1 Å². The smallest absolute Gasteiger partial charge is 0.326 e. The van der Waals surface area contributed by atoms with Gasteiger partial charge in [-0.2, -0.15) is 11.8 Å². The van der Waals surface area contributed by atoms with Crippen LogP contribution in [0.4, 0.5) is 0 Å². The van der Waals surface area contributed by atoms with Gasteiger partial charge in [0.25, 0.3) is 0 Å². The molecule has 3 unspecified atom stereocenters. The predicted octanol–water partition coefficient (Wildman–Crippen LogP) is 0.283. The van der Waals surface area contributed by atoms with Crippen LogP contribution < -0.4 is 11.1 Å². The first-order chi connectivity index (χ1) is 10.8. The van der Waals surface area contributed by atoms with Crippen molar-refractivity contribution in [2.45, 2.75) is 51.2 Å². The lowest BCUT2D eigenvalue weighted by atomic mass is 10.0. The van der Waals surface area contributed by atoms with E-state index in [2.05, 4.69) is 5.32 Å². The lowest BCUT2D eigenvalue weighted by Crippen LogP contribution is -2.54. The molecule has 0 aromatic rings. The number of carbonyl (C=O) groups is 3. The molecule has 0 radical (unpaired) electrons. The summed E-state index contributed by atoms with van der Waals surface area (Å²) in [5.74, 6) is -1.15. The van der Waals surface area contributed by atoms with Gasteiger partial charge in [-0.1, -0.05) is 13.8 Å². The second kappa shape index (κ2) is 9.12. The first-order valence-corrected chi connectivity index (χ1v) is 9.27. The van der Waals surface area contributed by atoms with E-state index in [1.165, 1.54) is 4.90 Å². The Morgan fingerprint density at radius 2 is 2.04 bits per heavy atom. The average molecular weight is 345 g/mol. The van der Waals surface area contributed by atoms with Crippen molar-refractivity contribution in [3.63, 3.8) is 0 Å². The molecule has 0 aliphatic carbocycles. The van der Waals surface area contributed by atoms with Crippen LogP contribution in [0.5, 0.6) is 0 Å². The summed E-state index contributed by atoms with van der Waals surface area (Å²) in [6, 6.07) is -2.19. The van der Waals surface area contributed by atoms with E-state index in [1.54, 1.807) is 25.6 Å². The maximum absolute atomic E-state index is 12.4. The van der Waals surface area contributed by atoms with Crippen LogP contribution in [0.15, 0.2) is 0 Å². The minimum Gasteiger partial charge on any atom is -0.480 e. The number of carboxylic acid groups (broad SMARTS) is 1. The summed E-state index contributed by atoms with van der Waals surface area (Å²) in [5.41, 5.74) is 5.91. The lowest BCUT2D eigenvalue weighted by molar-refractivity contribution is -0.145. The maximum atomic E-state index is 12.4. The van der Waals surface area contributed by atoms with Gasteiger partial charge in [0.2, 0.25) is 11.8 Å². The minimum absolute atomic E-state index is 0.229. The Balaban J connectivity index is 2.72. The minimum atomic E-state index is -1.07. The zero-order valence-corrected chi connectivity index (χ0v) is 14.8. The number of aliphatic carboxylic acids is 1. The fourth-order valence-electron chi connectivity index (χ4n) is 2.65. The molecule has 1 rings (SSSR count). The molecule has 3 atom stereocenters. The summed E-state index contributed by atoms with van der Waals surface area (Å²) >= 11 is 1.62. The van der Waals surface area contributed by atoms with Crippen molar-refractivity contribution >= 4 is 29.5 Å². The Morgan fingerprint density at radius 3 is 2.57 bits per heavy atom. The quantitative estimate of drug-likeness (QED) is 0.582. The normalized spacial score (nSPS) is 20.4. The molecule has 1 heterocycles. The maximum Gasteiger partial charge on any atom is 0.326 e. The predicted molar refractivity (Wildman–Crippen MR) is 90.1 cm³/mol. The van der Waals surface area contributed by atoms with Gasteiger partial charge in [0.15, 0.2) is 0 Å². The van der Waals surface area contributed by atoms with Crippen LogP contribution in [-0.2, 0) is 14.4 Å². The van der Waals surface area contributed by atoms with Crippen LogP contribution in [0.1, 0.15) is 33.1 Å². The molecule has 0 spiro atoms. The third-order valence-electron chi connectivity index (χ3n) is 4.02. The summed E-state index contributed by atoms with van der Waals surface area (Å²) in [6.45, 7) is 3.95. The van der Waals surface area contributed by atoms with E-state index in [0.29, 0.717) is 19.4 Å². The van der Waals surface area contributed by atoms with Crippen LogP contribution >= 0.6 is 11.8 Å². The van der Waals surface area contributed by atoms with E-state index in [4.69, 9.17) is 5.73 Å². The van der Waals surface area contributed by atoms with Crippen molar-refractivity contribution in [2.24, 2.45) is 11.7 Å². The third kappa shape index (κ3) is 5.39. The molecule has 4 N–H and O–H groups in total. The average Bonchev–Trinajstić information content (AvgIpc) is 2.97. The summed E-state index contributed by atoms with van der Waals surface area (Å²) < 4.78 is 0. The topological polar surface area (TPSA) is 113 Å². The van der Waals surface area contributed by atoms with Crippen molar-refractivity contribution in [3.8, 4) is 0 Å². The van der Waals surface area contributed by atoms with Crippen molar-refractivity contribution in [2.75, 3.05) is 18.6 Å². The highest BCUT2D eigenvalue weighted by Gasteiger charge is 2.37. The number of carboxylic acids is 1. The molecule has 8 heteroatoms. The van der Waals surface area contributed by atoms with E-state index >= 15 is 0 Å². The second-order valence-corrected chi connectivity index (χ2v) is 7.13. The largest absolute Gasteiger partial charge is 0.480 e. The van der Waals surface area contributed by atoms with Gasteiger partial charge in [0.1, 0.15) is 12.1 Å². The standard InChI is InChI=1S/C15H27N3O4S/c1-9(2)12(15(21)22)17-13(19)11-5-4-7-18(11)14(20)10(16)6-8-23-3/h9-12H,4-8,16H2,1-3H3,(H,17,19)(H,21,22). The summed E-state index contributed by atoms with van der Waals surface area (Å²) in [5, 5.41) is 11.7. The zero-order chi connectivity index (χ0) is 17.6. The number of carbonyl (C=O) groups excluding carboxylic acids is 2. The Morgan fingerprint density at radius 1 is 1.39 bits per heavy atom. The zero-order valence-electron chi connectivity index (χ0n) is 13.9. The van der Waals surface area contributed by atoms with Crippen LogP contribution in [0.2, 0.25) is 0 Å². The van der Waals surface area contributed by atoms with Crippen LogP contribution in [0.25, 0.3) is 0 Å². The Hall–Kier alpha value is -1.28. The van der Waals surface area contributed by atoms with Crippen LogP contribution in [0.3, 0.4) is 0 Å². The van der Waals surface area contributed by atoms with Crippen molar-refractivity contribution in [3.05, 3.63) is 0 Å². The van der Waals surface area contributed by atoms with Crippen LogP contribution in [-0.4, -0.2) is 64.5 Å².